The van der Waals surface area contributed by atoms with E-state index in [1.54, 1.807) is 36.3 Å². The van der Waals surface area contributed by atoms with Crippen LogP contribution in [0.25, 0.3) is 0 Å². The van der Waals surface area contributed by atoms with Crippen LogP contribution in [0.5, 0.6) is 0 Å². The zero-order valence-corrected chi connectivity index (χ0v) is 21.3. The highest BCUT2D eigenvalue weighted by Gasteiger charge is 2.18. The number of anilines is 2. The second-order valence-corrected chi connectivity index (χ2v) is 8.87. The van der Waals surface area contributed by atoms with Gasteiger partial charge in [-0.25, -0.2) is 0 Å². The van der Waals surface area contributed by atoms with E-state index >= 15 is 0 Å². The molecule has 0 radical (unpaired) electrons. The summed E-state index contributed by atoms with van der Waals surface area (Å²) in [6.45, 7) is 2.70. The number of ether oxygens (including phenoxy) is 1. The molecule has 3 rings (SSSR count). The fourth-order valence-electron chi connectivity index (χ4n) is 4.08. The van der Waals surface area contributed by atoms with E-state index in [0.29, 0.717) is 30.0 Å². The van der Waals surface area contributed by atoms with Crippen LogP contribution in [-0.2, 0) is 16.1 Å². The van der Waals surface area contributed by atoms with Crippen molar-refractivity contribution in [2.45, 2.75) is 26.0 Å². The van der Waals surface area contributed by atoms with Crippen molar-refractivity contribution in [1.82, 2.24) is 4.90 Å². The van der Waals surface area contributed by atoms with Gasteiger partial charge < -0.3 is 25.8 Å². The maximum atomic E-state index is 12.8. The first-order valence-corrected chi connectivity index (χ1v) is 12.3. The van der Waals surface area contributed by atoms with E-state index in [-0.39, 0.29) is 36.9 Å². The fraction of sp³-hybridized carbons (Fsp3) is 0.267. The number of rotatable bonds is 12. The minimum absolute atomic E-state index is 0.00781. The summed E-state index contributed by atoms with van der Waals surface area (Å²) in [4.78, 5) is 26.9. The number of nitrogens with zero attached hydrogens (tertiary/aromatic N) is 1. The van der Waals surface area contributed by atoms with Crippen molar-refractivity contribution in [3.63, 3.8) is 0 Å². The van der Waals surface area contributed by atoms with Gasteiger partial charge in [-0.3, -0.25) is 9.59 Å². The summed E-state index contributed by atoms with van der Waals surface area (Å²) in [5.74, 6) is -0.246. The number of carbonyl (C=O) groups excluding carboxylic acids is 2. The van der Waals surface area contributed by atoms with Crippen LogP contribution in [0.15, 0.2) is 91.0 Å². The molecule has 0 aromatic heterocycles. The Labute approximate surface area is 218 Å². The molecule has 37 heavy (non-hydrogen) atoms. The van der Waals surface area contributed by atoms with E-state index in [2.05, 4.69) is 5.32 Å². The Morgan fingerprint density at radius 3 is 2.32 bits per heavy atom. The van der Waals surface area contributed by atoms with E-state index in [1.165, 1.54) is 0 Å². The van der Waals surface area contributed by atoms with Gasteiger partial charge in [0, 0.05) is 49.5 Å². The van der Waals surface area contributed by atoms with Crippen LogP contribution in [0, 0.1) is 5.92 Å². The molecule has 0 unspecified atom stereocenters. The standard InChI is InChI=1S/C30H35N3O4/c1-22(7-6-10-28(35)33(19-20-34)21-23-8-4-3-5-9-23)29(37-2)24-13-17-27(18-14-24)32-30(36)25-11-15-26(31)16-12-25/h3-9,11-18,22,29,34H,10,19-21,31H2,1-2H3,(H,32,36)/b7-6+/t22-,29+/m1/s1. The van der Waals surface area contributed by atoms with Crippen molar-refractivity contribution in [2.24, 2.45) is 5.92 Å². The summed E-state index contributed by atoms with van der Waals surface area (Å²) in [7, 11) is 1.65. The Bertz CT molecular complexity index is 1160. The van der Waals surface area contributed by atoms with Gasteiger partial charge in [0.2, 0.25) is 5.91 Å². The van der Waals surface area contributed by atoms with Crippen LogP contribution in [0.4, 0.5) is 11.4 Å². The third-order valence-corrected chi connectivity index (χ3v) is 6.07. The summed E-state index contributed by atoms with van der Waals surface area (Å²) in [6.07, 6.45) is 3.85. The van der Waals surface area contributed by atoms with Crippen LogP contribution in [-0.4, -0.2) is 42.1 Å². The maximum Gasteiger partial charge on any atom is 0.255 e. The van der Waals surface area contributed by atoms with E-state index in [0.717, 1.165) is 11.1 Å². The van der Waals surface area contributed by atoms with Gasteiger partial charge in [0.1, 0.15) is 0 Å². The highest BCUT2D eigenvalue weighted by atomic mass is 16.5. The number of nitrogens with two attached hydrogens (primary N) is 1. The van der Waals surface area contributed by atoms with Gasteiger partial charge in [0.15, 0.2) is 0 Å². The second kappa shape index (κ2) is 14.0. The number of nitrogens with one attached hydrogen (secondary N) is 1. The normalized spacial score (nSPS) is 12.7. The smallest absolute Gasteiger partial charge is 0.255 e. The Hall–Kier alpha value is -3.94. The van der Waals surface area contributed by atoms with Gasteiger partial charge in [-0.15, -0.1) is 0 Å². The molecule has 2 atom stereocenters. The van der Waals surface area contributed by atoms with Gasteiger partial charge in [-0.05, 0) is 47.5 Å². The quantitative estimate of drug-likeness (QED) is 0.244. The molecule has 0 aliphatic rings. The van der Waals surface area contributed by atoms with Crippen LogP contribution in [0.2, 0.25) is 0 Å². The maximum absolute atomic E-state index is 12.8. The van der Waals surface area contributed by atoms with Crippen molar-refractivity contribution >= 4 is 23.2 Å². The van der Waals surface area contributed by atoms with Crippen molar-refractivity contribution in [3.8, 4) is 0 Å². The van der Waals surface area contributed by atoms with Crippen molar-refractivity contribution in [1.29, 1.82) is 0 Å². The number of amides is 2. The van der Waals surface area contributed by atoms with Crippen LogP contribution in [0.1, 0.15) is 40.9 Å². The molecular formula is C30H35N3O4. The first-order chi connectivity index (χ1) is 17.9. The van der Waals surface area contributed by atoms with Gasteiger partial charge in [0.05, 0.1) is 12.7 Å². The zero-order valence-electron chi connectivity index (χ0n) is 21.3. The molecule has 0 spiro atoms. The molecule has 3 aromatic carbocycles. The SMILES string of the molecule is CO[C@H](c1ccc(NC(=O)c2ccc(N)cc2)cc1)[C@H](C)/C=C/CC(=O)N(CCO)Cc1ccccc1. The zero-order chi connectivity index (χ0) is 26.6. The summed E-state index contributed by atoms with van der Waals surface area (Å²) in [6, 6.07) is 24.0. The molecule has 3 aromatic rings. The van der Waals surface area contributed by atoms with Crippen molar-refractivity contribution in [2.75, 3.05) is 31.3 Å². The molecule has 0 aliphatic heterocycles. The first-order valence-electron chi connectivity index (χ1n) is 12.3. The predicted molar refractivity (Wildman–Crippen MR) is 147 cm³/mol. The van der Waals surface area contributed by atoms with Gasteiger partial charge in [0.25, 0.3) is 5.91 Å². The summed E-state index contributed by atoms with van der Waals surface area (Å²) < 4.78 is 5.74. The molecule has 7 heteroatoms. The van der Waals surface area contributed by atoms with Crippen molar-refractivity contribution < 1.29 is 19.4 Å². The van der Waals surface area contributed by atoms with Gasteiger partial charge >= 0.3 is 0 Å². The Morgan fingerprint density at radius 2 is 1.70 bits per heavy atom. The van der Waals surface area contributed by atoms with E-state index in [4.69, 9.17) is 10.5 Å². The number of aliphatic hydroxyl groups excluding tert-OH is 1. The lowest BCUT2D eigenvalue weighted by molar-refractivity contribution is -0.131. The van der Waals surface area contributed by atoms with E-state index in [9.17, 15) is 14.7 Å². The predicted octanol–water partition coefficient (Wildman–Crippen LogP) is 4.81. The summed E-state index contributed by atoms with van der Waals surface area (Å²) >= 11 is 0. The largest absolute Gasteiger partial charge is 0.399 e. The Morgan fingerprint density at radius 1 is 1.03 bits per heavy atom. The number of benzene rings is 3. The molecule has 0 aliphatic carbocycles. The minimum atomic E-state index is -0.217. The average Bonchev–Trinajstić information content (AvgIpc) is 2.90. The minimum Gasteiger partial charge on any atom is -0.399 e. The highest BCUT2D eigenvalue weighted by molar-refractivity contribution is 6.04. The van der Waals surface area contributed by atoms with Crippen LogP contribution < -0.4 is 11.1 Å². The third kappa shape index (κ3) is 8.31. The highest BCUT2D eigenvalue weighted by Crippen LogP contribution is 2.28. The topological polar surface area (TPSA) is 105 Å². The van der Waals surface area contributed by atoms with Crippen molar-refractivity contribution in [3.05, 3.63) is 108 Å². The van der Waals surface area contributed by atoms with Crippen LogP contribution in [0.3, 0.4) is 0 Å². The van der Waals surface area contributed by atoms with E-state index < -0.39 is 0 Å². The fourth-order valence-corrected chi connectivity index (χ4v) is 4.08. The lowest BCUT2D eigenvalue weighted by atomic mass is 9.96. The average molecular weight is 502 g/mol. The molecular weight excluding hydrogens is 466 g/mol. The lowest BCUT2D eigenvalue weighted by Crippen LogP contribution is -2.32. The summed E-state index contributed by atoms with van der Waals surface area (Å²) in [5, 5.41) is 12.3. The van der Waals surface area contributed by atoms with E-state index in [1.807, 2.05) is 73.7 Å². The third-order valence-electron chi connectivity index (χ3n) is 6.07. The molecule has 0 heterocycles. The lowest BCUT2D eigenvalue weighted by Gasteiger charge is -2.22. The molecule has 194 valence electrons. The molecule has 0 fully saturated rings. The number of aliphatic hydroxyl groups is 1. The number of hydrogen-bond acceptors (Lipinski definition) is 5. The molecule has 0 saturated heterocycles. The number of nitrogen functional groups attached to an aromatic ring is 1. The molecule has 4 N–H and O–H groups in total. The monoisotopic (exact) mass is 501 g/mol. The van der Waals surface area contributed by atoms with Gasteiger partial charge in [-0.1, -0.05) is 61.5 Å². The molecule has 0 saturated carbocycles. The van der Waals surface area contributed by atoms with Gasteiger partial charge in [-0.2, -0.15) is 0 Å². The number of carbonyl (C=O) groups is 2. The second-order valence-electron chi connectivity index (χ2n) is 8.87. The Balaban J connectivity index is 1.57. The first kappa shape index (κ1) is 27.6. The van der Waals surface area contributed by atoms with Crippen LogP contribution >= 0.6 is 0 Å². The molecule has 7 nitrogen and oxygen atoms in total. The summed E-state index contributed by atoms with van der Waals surface area (Å²) in [5.41, 5.74) is 9.48. The molecule has 2 amide bonds. The molecule has 0 bridgehead atoms. The number of methoxy groups -OCH3 is 1. The Kier molecular flexibility index (Phi) is 10.4. The number of hydrogen-bond donors (Lipinski definition) is 3.